The Morgan fingerprint density at radius 2 is 2.21 bits per heavy atom. The standard InChI is InChI=1S/C12H17F2N5/c1-3-19-12(14)10(7-16-19)6-15-11-8-18(5-4-13)17-9(11)2/h7-8,15H,3-6H2,1-2H3. The summed E-state index contributed by atoms with van der Waals surface area (Å²) in [4.78, 5) is 0. The zero-order valence-electron chi connectivity index (χ0n) is 11.0. The van der Waals surface area contributed by atoms with E-state index in [-0.39, 0.29) is 12.5 Å². The van der Waals surface area contributed by atoms with Crippen molar-refractivity contribution in [3.05, 3.63) is 29.6 Å². The molecule has 0 bridgehead atoms. The summed E-state index contributed by atoms with van der Waals surface area (Å²) in [5, 5.41) is 11.2. The van der Waals surface area contributed by atoms with Gasteiger partial charge < -0.3 is 5.32 Å². The Balaban J connectivity index is 2.03. The van der Waals surface area contributed by atoms with Crippen molar-refractivity contribution in [3.8, 4) is 0 Å². The molecule has 2 aromatic heterocycles. The average molecular weight is 269 g/mol. The third kappa shape index (κ3) is 2.91. The maximum atomic E-state index is 13.8. The highest BCUT2D eigenvalue weighted by Crippen LogP contribution is 2.15. The second-order valence-corrected chi connectivity index (χ2v) is 4.21. The van der Waals surface area contributed by atoms with Gasteiger partial charge in [-0.3, -0.25) is 4.68 Å². The summed E-state index contributed by atoms with van der Waals surface area (Å²) in [5.41, 5.74) is 2.04. The molecule has 5 nitrogen and oxygen atoms in total. The van der Waals surface area contributed by atoms with Gasteiger partial charge in [-0.15, -0.1) is 0 Å². The molecule has 0 atom stereocenters. The molecule has 0 aliphatic carbocycles. The molecule has 0 radical (unpaired) electrons. The summed E-state index contributed by atoms with van der Waals surface area (Å²) < 4.78 is 28.8. The van der Waals surface area contributed by atoms with E-state index in [9.17, 15) is 8.78 Å². The highest BCUT2D eigenvalue weighted by atomic mass is 19.1. The second-order valence-electron chi connectivity index (χ2n) is 4.21. The van der Waals surface area contributed by atoms with E-state index in [0.29, 0.717) is 18.7 Å². The Kier molecular flexibility index (Phi) is 4.13. The van der Waals surface area contributed by atoms with Gasteiger partial charge >= 0.3 is 0 Å². The van der Waals surface area contributed by atoms with Gasteiger partial charge in [-0.1, -0.05) is 0 Å². The SMILES string of the molecule is CCn1ncc(CNc2cn(CCF)nc2C)c1F. The van der Waals surface area contributed by atoms with Crippen LogP contribution in [0.2, 0.25) is 0 Å². The first-order valence-electron chi connectivity index (χ1n) is 6.19. The molecule has 0 amide bonds. The van der Waals surface area contributed by atoms with Gasteiger partial charge in [0.2, 0.25) is 5.95 Å². The summed E-state index contributed by atoms with van der Waals surface area (Å²) in [6.45, 7) is 4.25. The molecule has 7 heteroatoms. The van der Waals surface area contributed by atoms with Crippen LogP contribution in [-0.2, 0) is 19.6 Å². The minimum absolute atomic E-state index is 0.227. The first kappa shape index (κ1) is 13.5. The zero-order valence-corrected chi connectivity index (χ0v) is 11.0. The van der Waals surface area contributed by atoms with Gasteiger partial charge in [0.15, 0.2) is 0 Å². The third-order valence-electron chi connectivity index (χ3n) is 2.87. The summed E-state index contributed by atoms with van der Waals surface area (Å²) in [5.74, 6) is -0.330. The molecule has 0 aliphatic rings. The van der Waals surface area contributed by atoms with Gasteiger partial charge in [0, 0.05) is 24.8 Å². The van der Waals surface area contributed by atoms with E-state index in [1.807, 2.05) is 13.8 Å². The summed E-state index contributed by atoms with van der Waals surface area (Å²) in [6, 6.07) is 0. The van der Waals surface area contributed by atoms with Gasteiger partial charge in [-0.05, 0) is 13.8 Å². The normalized spacial score (nSPS) is 10.9. The lowest BCUT2D eigenvalue weighted by Crippen LogP contribution is -2.04. The van der Waals surface area contributed by atoms with Crippen molar-refractivity contribution in [3.63, 3.8) is 0 Å². The van der Waals surface area contributed by atoms with Crippen molar-refractivity contribution < 1.29 is 8.78 Å². The minimum Gasteiger partial charge on any atom is -0.378 e. The second kappa shape index (κ2) is 5.81. The zero-order chi connectivity index (χ0) is 13.8. The van der Waals surface area contributed by atoms with Crippen molar-refractivity contribution in [1.82, 2.24) is 19.6 Å². The number of anilines is 1. The van der Waals surface area contributed by atoms with Crippen LogP contribution in [0.25, 0.3) is 0 Å². The average Bonchev–Trinajstić information content (AvgIpc) is 2.91. The number of aryl methyl sites for hydroxylation is 3. The number of halogens is 2. The molecule has 0 aromatic carbocycles. The third-order valence-corrected chi connectivity index (χ3v) is 2.87. The highest BCUT2D eigenvalue weighted by molar-refractivity contribution is 5.45. The molecule has 0 aliphatic heterocycles. The highest BCUT2D eigenvalue weighted by Gasteiger charge is 2.10. The van der Waals surface area contributed by atoms with Crippen LogP contribution in [0.5, 0.6) is 0 Å². The van der Waals surface area contributed by atoms with Crippen molar-refractivity contribution in [2.75, 3.05) is 12.0 Å². The van der Waals surface area contributed by atoms with Gasteiger partial charge in [0.25, 0.3) is 0 Å². The monoisotopic (exact) mass is 269 g/mol. The van der Waals surface area contributed by atoms with E-state index in [1.54, 1.807) is 6.20 Å². The van der Waals surface area contributed by atoms with Crippen LogP contribution in [0.4, 0.5) is 14.5 Å². The number of nitrogens with zero attached hydrogens (tertiary/aromatic N) is 4. The number of rotatable bonds is 6. The first-order chi connectivity index (χ1) is 9.15. The molecular formula is C12H17F2N5. The Hall–Kier alpha value is -1.92. The quantitative estimate of drug-likeness (QED) is 0.874. The number of hydrogen-bond donors (Lipinski definition) is 1. The van der Waals surface area contributed by atoms with Crippen molar-refractivity contribution >= 4 is 5.69 Å². The Labute approximate surface area is 110 Å². The van der Waals surface area contributed by atoms with E-state index in [1.165, 1.54) is 15.6 Å². The molecule has 0 saturated heterocycles. The predicted octanol–water partition coefficient (Wildman–Crippen LogP) is 2.13. The maximum absolute atomic E-state index is 13.8. The van der Waals surface area contributed by atoms with Gasteiger partial charge in [0.1, 0.15) is 6.67 Å². The number of hydrogen-bond acceptors (Lipinski definition) is 3. The fourth-order valence-corrected chi connectivity index (χ4v) is 1.83. The van der Waals surface area contributed by atoms with Gasteiger partial charge in [0.05, 0.1) is 24.1 Å². The molecule has 1 N–H and O–H groups in total. The fourth-order valence-electron chi connectivity index (χ4n) is 1.83. The van der Waals surface area contributed by atoms with E-state index >= 15 is 0 Å². The van der Waals surface area contributed by atoms with Crippen LogP contribution in [0.15, 0.2) is 12.4 Å². The fraction of sp³-hybridized carbons (Fsp3) is 0.500. The van der Waals surface area contributed by atoms with Crippen LogP contribution in [0.1, 0.15) is 18.2 Å². The number of nitrogens with one attached hydrogen (secondary N) is 1. The van der Waals surface area contributed by atoms with E-state index in [4.69, 9.17) is 0 Å². The van der Waals surface area contributed by atoms with Crippen molar-refractivity contribution in [2.45, 2.75) is 33.5 Å². The summed E-state index contributed by atoms with van der Waals surface area (Å²) in [6.07, 6.45) is 3.23. The van der Waals surface area contributed by atoms with E-state index < -0.39 is 6.67 Å². The lowest BCUT2D eigenvalue weighted by molar-refractivity contribution is 0.426. The van der Waals surface area contributed by atoms with E-state index in [0.717, 1.165) is 11.4 Å². The van der Waals surface area contributed by atoms with Crippen LogP contribution in [0, 0.1) is 12.9 Å². The molecule has 0 spiro atoms. The van der Waals surface area contributed by atoms with Crippen LogP contribution in [-0.4, -0.2) is 26.2 Å². The molecule has 19 heavy (non-hydrogen) atoms. The van der Waals surface area contributed by atoms with Crippen molar-refractivity contribution in [1.29, 1.82) is 0 Å². The molecule has 0 saturated carbocycles. The van der Waals surface area contributed by atoms with Crippen molar-refractivity contribution in [2.24, 2.45) is 0 Å². The molecule has 2 aromatic rings. The van der Waals surface area contributed by atoms with Gasteiger partial charge in [-0.25, -0.2) is 9.07 Å². The lowest BCUT2D eigenvalue weighted by Gasteiger charge is -2.03. The Bertz CT molecular complexity index is 546. The van der Waals surface area contributed by atoms with Crippen LogP contribution in [0.3, 0.4) is 0 Å². The summed E-state index contributed by atoms with van der Waals surface area (Å²) >= 11 is 0. The topological polar surface area (TPSA) is 47.7 Å². The summed E-state index contributed by atoms with van der Waals surface area (Å²) in [7, 11) is 0. The number of aromatic nitrogens is 4. The molecule has 2 rings (SSSR count). The minimum atomic E-state index is -0.460. The maximum Gasteiger partial charge on any atom is 0.216 e. The Morgan fingerprint density at radius 3 is 2.84 bits per heavy atom. The molecular weight excluding hydrogens is 252 g/mol. The molecule has 104 valence electrons. The lowest BCUT2D eigenvalue weighted by atomic mass is 10.3. The predicted molar refractivity (Wildman–Crippen MR) is 68.1 cm³/mol. The van der Waals surface area contributed by atoms with Crippen LogP contribution < -0.4 is 5.32 Å². The van der Waals surface area contributed by atoms with E-state index in [2.05, 4.69) is 15.5 Å². The van der Waals surface area contributed by atoms with Gasteiger partial charge in [-0.2, -0.15) is 14.6 Å². The smallest absolute Gasteiger partial charge is 0.216 e. The largest absolute Gasteiger partial charge is 0.378 e. The van der Waals surface area contributed by atoms with Crippen LogP contribution >= 0.6 is 0 Å². The molecule has 2 heterocycles. The number of alkyl halides is 1. The first-order valence-corrected chi connectivity index (χ1v) is 6.19. The Morgan fingerprint density at radius 1 is 1.42 bits per heavy atom. The molecule has 0 fully saturated rings. The molecule has 0 unspecified atom stereocenters.